The molecule has 0 aliphatic carbocycles. The zero-order chi connectivity index (χ0) is 12.4. The SMILES string of the molecule is Cc1cc(Br)cnc1NC(=O)c1ccc(Cl)o1. The summed E-state index contributed by atoms with van der Waals surface area (Å²) in [5.41, 5.74) is 0.852. The molecule has 2 aromatic rings. The lowest BCUT2D eigenvalue weighted by Gasteiger charge is -2.05. The molecule has 0 bridgehead atoms. The van der Waals surface area contributed by atoms with Crippen LogP contribution in [0, 0.1) is 6.92 Å². The number of hydrogen-bond acceptors (Lipinski definition) is 3. The smallest absolute Gasteiger partial charge is 0.292 e. The van der Waals surface area contributed by atoms with Crippen molar-refractivity contribution in [3.8, 4) is 0 Å². The Morgan fingerprint density at radius 1 is 1.53 bits per heavy atom. The first kappa shape index (κ1) is 12.1. The molecule has 0 aliphatic heterocycles. The topological polar surface area (TPSA) is 55.1 Å². The van der Waals surface area contributed by atoms with E-state index in [0.29, 0.717) is 5.82 Å². The summed E-state index contributed by atoms with van der Waals surface area (Å²) < 4.78 is 5.85. The minimum atomic E-state index is -0.380. The molecule has 17 heavy (non-hydrogen) atoms. The summed E-state index contributed by atoms with van der Waals surface area (Å²) in [4.78, 5) is 15.8. The molecule has 0 atom stereocenters. The number of aromatic nitrogens is 1. The number of aryl methyl sites for hydroxylation is 1. The normalized spacial score (nSPS) is 10.3. The molecule has 6 heteroatoms. The lowest BCUT2D eigenvalue weighted by atomic mass is 10.3. The molecule has 0 aromatic carbocycles. The third-order valence-electron chi connectivity index (χ3n) is 2.07. The van der Waals surface area contributed by atoms with Gasteiger partial charge >= 0.3 is 0 Å². The molecule has 4 nitrogen and oxygen atoms in total. The highest BCUT2D eigenvalue weighted by Crippen LogP contribution is 2.19. The Morgan fingerprint density at radius 3 is 2.88 bits per heavy atom. The van der Waals surface area contributed by atoms with Crippen LogP contribution in [0.4, 0.5) is 5.82 Å². The van der Waals surface area contributed by atoms with Crippen LogP contribution in [-0.4, -0.2) is 10.9 Å². The number of halogens is 2. The summed E-state index contributed by atoms with van der Waals surface area (Å²) in [6, 6.07) is 4.88. The highest BCUT2D eigenvalue weighted by Gasteiger charge is 2.12. The van der Waals surface area contributed by atoms with Gasteiger partial charge in [-0.3, -0.25) is 4.79 Å². The van der Waals surface area contributed by atoms with Gasteiger partial charge in [0.1, 0.15) is 5.82 Å². The average molecular weight is 316 g/mol. The van der Waals surface area contributed by atoms with Crippen LogP contribution in [0.2, 0.25) is 5.22 Å². The lowest BCUT2D eigenvalue weighted by molar-refractivity contribution is 0.0996. The van der Waals surface area contributed by atoms with Crippen molar-refractivity contribution >= 4 is 39.3 Å². The number of rotatable bonds is 2. The molecule has 2 heterocycles. The lowest BCUT2D eigenvalue weighted by Crippen LogP contribution is -2.13. The molecule has 0 spiro atoms. The van der Waals surface area contributed by atoms with E-state index in [1.807, 2.05) is 13.0 Å². The Hall–Kier alpha value is -1.33. The molecule has 1 N–H and O–H groups in total. The van der Waals surface area contributed by atoms with Crippen molar-refractivity contribution < 1.29 is 9.21 Å². The minimum absolute atomic E-state index is 0.152. The van der Waals surface area contributed by atoms with Gasteiger partial charge in [-0.05, 0) is 58.2 Å². The highest BCUT2D eigenvalue weighted by molar-refractivity contribution is 9.10. The number of hydrogen-bond donors (Lipinski definition) is 1. The van der Waals surface area contributed by atoms with E-state index in [2.05, 4.69) is 26.2 Å². The van der Waals surface area contributed by atoms with E-state index in [1.54, 1.807) is 6.20 Å². The Morgan fingerprint density at radius 2 is 2.29 bits per heavy atom. The third kappa shape index (κ3) is 2.87. The van der Waals surface area contributed by atoms with Gasteiger partial charge in [-0.1, -0.05) is 0 Å². The van der Waals surface area contributed by atoms with E-state index in [1.165, 1.54) is 12.1 Å². The number of anilines is 1. The van der Waals surface area contributed by atoms with Gasteiger partial charge in [0.05, 0.1) is 0 Å². The number of furan rings is 1. The Labute approximate surface area is 111 Å². The predicted octanol–water partition coefficient (Wildman–Crippen LogP) is 3.65. The van der Waals surface area contributed by atoms with E-state index in [9.17, 15) is 4.79 Å². The van der Waals surface area contributed by atoms with Crippen LogP contribution in [0.25, 0.3) is 0 Å². The van der Waals surface area contributed by atoms with Crippen molar-refractivity contribution in [3.63, 3.8) is 0 Å². The average Bonchev–Trinajstić information content (AvgIpc) is 2.69. The maximum absolute atomic E-state index is 11.7. The molecule has 0 saturated carbocycles. The third-order valence-corrected chi connectivity index (χ3v) is 2.71. The fourth-order valence-corrected chi connectivity index (χ4v) is 1.87. The molecule has 1 amide bonds. The quantitative estimate of drug-likeness (QED) is 0.920. The highest BCUT2D eigenvalue weighted by atomic mass is 79.9. The van der Waals surface area contributed by atoms with E-state index in [0.717, 1.165) is 10.0 Å². The van der Waals surface area contributed by atoms with Crippen molar-refractivity contribution in [2.75, 3.05) is 5.32 Å². The second-order valence-electron chi connectivity index (χ2n) is 3.38. The zero-order valence-electron chi connectivity index (χ0n) is 8.83. The standard InChI is InChI=1S/C11H8BrClN2O2/c1-6-4-7(12)5-14-10(6)15-11(16)8-2-3-9(13)17-8/h2-5H,1H3,(H,14,15,16). The van der Waals surface area contributed by atoms with Gasteiger partial charge in [0.2, 0.25) is 0 Å². The Balaban J connectivity index is 2.18. The zero-order valence-corrected chi connectivity index (χ0v) is 11.2. The Kier molecular flexibility index (Phi) is 3.49. The first-order valence-electron chi connectivity index (χ1n) is 4.75. The minimum Gasteiger partial charge on any atom is -0.440 e. The van der Waals surface area contributed by atoms with Gasteiger partial charge in [-0.15, -0.1) is 0 Å². The molecule has 0 saturated heterocycles. The number of carbonyl (C=O) groups is 1. The van der Waals surface area contributed by atoms with E-state index in [4.69, 9.17) is 16.0 Å². The van der Waals surface area contributed by atoms with Crippen molar-refractivity contribution in [1.29, 1.82) is 0 Å². The summed E-state index contributed by atoms with van der Waals surface area (Å²) in [6.45, 7) is 1.85. The summed E-state index contributed by atoms with van der Waals surface area (Å²) in [5.74, 6) is 0.264. The van der Waals surface area contributed by atoms with Crippen molar-refractivity contribution in [2.45, 2.75) is 6.92 Å². The number of amides is 1. The number of nitrogens with zero attached hydrogens (tertiary/aromatic N) is 1. The molecular formula is C11H8BrClN2O2. The molecular weight excluding hydrogens is 307 g/mol. The van der Waals surface area contributed by atoms with Gasteiger partial charge < -0.3 is 9.73 Å². The largest absolute Gasteiger partial charge is 0.440 e. The van der Waals surface area contributed by atoms with Gasteiger partial charge in [0.15, 0.2) is 11.0 Å². The monoisotopic (exact) mass is 314 g/mol. The van der Waals surface area contributed by atoms with E-state index >= 15 is 0 Å². The molecule has 0 fully saturated rings. The second kappa shape index (κ2) is 4.89. The van der Waals surface area contributed by atoms with Crippen molar-refractivity contribution in [1.82, 2.24) is 4.98 Å². The summed E-state index contributed by atoms with van der Waals surface area (Å²) in [5, 5.41) is 2.82. The van der Waals surface area contributed by atoms with Gasteiger partial charge in [0.25, 0.3) is 5.91 Å². The fraction of sp³-hybridized carbons (Fsp3) is 0.0909. The first-order chi connectivity index (χ1) is 8.06. The van der Waals surface area contributed by atoms with Crippen LogP contribution in [-0.2, 0) is 0 Å². The van der Waals surface area contributed by atoms with Crippen LogP contribution in [0.1, 0.15) is 16.1 Å². The van der Waals surface area contributed by atoms with Crippen LogP contribution >= 0.6 is 27.5 Å². The summed E-state index contributed by atoms with van der Waals surface area (Å²) in [7, 11) is 0. The number of pyridine rings is 1. The molecule has 2 aromatic heterocycles. The molecule has 0 radical (unpaired) electrons. The van der Waals surface area contributed by atoms with E-state index < -0.39 is 0 Å². The summed E-state index contributed by atoms with van der Waals surface area (Å²) in [6.07, 6.45) is 1.61. The number of nitrogens with one attached hydrogen (secondary N) is 1. The second-order valence-corrected chi connectivity index (χ2v) is 4.67. The van der Waals surface area contributed by atoms with Crippen molar-refractivity contribution in [2.24, 2.45) is 0 Å². The van der Waals surface area contributed by atoms with Gasteiger partial charge in [-0.2, -0.15) is 0 Å². The molecule has 88 valence electrons. The maximum atomic E-state index is 11.7. The summed E-state index contributed by atoms with van der Waals surface area (Å²) >= 11 is 8.89. The van der Waals surface area contributed by atoms with Crippen LogP contribution in [0.15, 0.2) is 33.3 Å². The van der Waals surface area contributed by atoms with Crippen LogP contribution in [0.5, 0.6) is 0 Å². The number of carbonyl (C=O) groups excluding carboxylic acids is 1. The Bertz CT molecular complexity index is 568. The maximum Gasteiger partial charge on any atom is 0.292 e. The molecule has 2 rings (SSSR count). The first-order valence-corrected chi connectivity index (χ1v) is 5.92. The van der Waals surface area contributed by atoms with Crippen molar-refractivity contribution in [3.05, 3.63) is 45.4 Å². The molecule has 0 aliphatic rings. The van der Waals surface area contributed by atoms with Gasteiger partial charge in [0, 0.05) is 10.7 Å². The fourth-order valence-electron chi connectivity index (χ4n) is 1.28. The van der Waals surface area contributed by atoms with Gasteiger partial charge in [-0.25, -0.2) is 4.98 Å². The van der Waals surface area contributed by atoms with Crippen LogP contribution in [0.3, 0.4) is 0 Å². The van der Waals surface area contributed by atoms with Crippen LogP contribution < -0.4 is 5.32 Å². The van der Waals surface area contributed by atoms with E-state index in [-0.39, 0.29) is 16.9 Å². The predicted molar refractivity (Wildman–Crippen MR) is 68.3 cm³/mol. The molecule has 0 unspecified atom stereocenters.